The van der Waals surface area contributed by atoms with Gasteiger partial charge in [-0.25, -0.2) is 0 Å². The van der Waals surface area contributed by atoms with Crippen LogP contribution in [0.3, 0.4) is 0 Å². The fourth-order valence-corrected chi connectivity index (χ4v) is 1.91. The Labute approximate surface area is 119 Å². The second-order valence-corrected chi connectivity index (χ2v) is 4.82. The van der Waals surface area contributed by atoms with Crippen molar-refractivity contribution in [1.29, 1.82) is 5.26 Å². The smallest absolute Gasteiger partial charge is 0.124 e. The Morgan fingerprint density at radius 1 is 1.15 bits per heavy atom. The third-order valence-corrected chi connectivity index (χ3v) is 2.81. The predicted molar refractivity (Wildman–Crippen MR) is 80.7 cm³/mol. The van der Waals surface area contributed by atoms with Crippen molar-refractivity contribution in [2.24, 2.45) is 0 Å². The molecule has 0 aromatic heterocycles. The summed E-state index contributed by atoms with van der Waals surface area (Å²) in [6, 6.07) is 17.6. The number of nitriles is 1. The Bertz CT molecular complexity index is 614. The van der Waals surface area contributed by atoms with Crippen LogP contribution in [0.2, 0.25) is 0 Å². The standard InChI is InChI=1S/C17H18N2O/c1-13(2)20-17-9-4-3-7-15(17)12-19-16-8-5-6-14(10-16)11-18/h3-10,13,19H,12H2,1-2H3. The lowest BCUT2D eigenvalue weighted by molar-refractivity contribution is 0.240. The number of hydrogen-bond acceptors (Lipinski definition) is 3. The van der Waals surface area contributed by atoms with E-state index in [4.69, 9.17) is 10.00 Å². The van der Waals surface area contributed by atoms with Gasteiger partial charge in [-0.2, -0.15) is 5.26 Å². The first kappa shape index (κ1) is 14.0. The van der Waals surface area contributed by atoms with E-state index in [-0.39, 0.29) is 6.10 Å². The van der Waals surface area contributed by atoms with Crippen LogP contribution in [0.5, 0.6) is 5.75 Å². The predicted octanol–water partition coefficient (Wildman–Crippen LogP) is 3.96. The zero-order valence-corrected chi connectivity index (χ0v) is 11.8. The van der Waals surface area contributed by atoms with Gasteiger partial charge in [-0.3, -0.25) is 0 Å². The van der Waals surface area contributed by atoms with E-state index in [1.165, 1.54) is 0 Å². The second-order valence-electron chi connectivity index (χ2n) is 4.82. The minimum Gasteiger partial charge on any atom is -0.491 e. The summed E-state index contributed by atoms with van der Waals surface area (Å²) in [6.45, 7) is 4.69. The number of benzene rings is 2. The van der Waals surface area contributed by atoms with Crippen molar-refractivity contribution < 1.29 is 4.74 Å². The van der Waals surface area contributed by atoms with E-state index in [0.29, 0.717) is 12.1 Å². The van der Waals surface area contributed by atoms with Gasteiger partial charge in [0.1, 0.15) is 5.75 Å². The van der Waals surface area contributed by atoms with Gasteiger partial charge >= 0.3 is 0 Å². The van der Waals surface area contributed by atoms with Crippen LogP contribution in [-0.2, 0) is 6.54 Å². The van der Waals surface area contributed by atoms with Gasteiger partial charge in [0.05, 0.1) is 17.7 Å². The van der Waals surface area contributed by atoms with Crippen molar-refractivity contribution >= 4 is 5.69 Å². The maximum Gasteiger partial charge on any atom is 0.124 e. The quantitative estimate of drug-likeness (QED) is 0.891. The molecule has 102 valence electrons. The summed E-state index contributed by atoms with van der Waals surface area (Å²) < 4.78 is 5.79. The Morgan fingerprint density at radius 2 is 1.95 bits per heavy atom. The highest BCUT2D eigenvalue weighted by Gasteiger charge is 2.05. The number of nitrogens with one attached hydrogen (secondary N) is 1. The monoisotopic (exact) mass is 266 g/mol. The fraction of sp³-hybridized carbons (Fsp3) is 0.235. The molecule has 0 heterocycles. The van der Waals surface area contributed by atoms with Crippen LogP contribution < -0.4 is 10.1 Å². The molecule has 0 spiro atoms. The maximum absolute atomic E-state index is 8.89. The highest BCUT2D eigenvalue weighted by Crippen LogP contribution is 2.21. The van der Waals surface area contributed by atoms with Crippen LogP contribution in [-0.4, -0.2) is 6.10 Å². The van der Waals surface area contributed by atoms with Crippen molar-refractivity contribution in [3.05, 3.63) is 59.7 Å². The van der Waals surface area contributed by atoms with Crippen LogP contribution >= 0.6 is 0 Å². The summed E-state index contributed by atoms with van der Waals surface area (Å²) in [6.07, 6.45) is 0.151. The molecule has 0 fully saturated rings. The van der Waals surface area contributed by atoms with Crippen molar-refractivity contribution in [1.82, 2.24) is 0 Å². The molecular formula is C17H18N2O. The van der Waals surface area contributed by atoms with E-state index < -0.39 is 0 Å². The van der Waals surface area contributed by atoms with Gasteiger partial charge in [0.25, 0.3) is 0 Å². The largest absolute Gasteiger partial charge is 0.491 e. The minimum absolute atomic E-state index is 0.151. The molecule has 2 rings (SSSR count). The average Bonchev–Trinajstić information content (AvgIpc) is 2.46. The molecule has 0 radical (unpaired) electrons. The molecule has 0 amide bonds. The summed E-state index contributed by atoms with van der Waals surface area (Å²) in [4.78, 5) is 0. The molecule has 0 aliphatic rings. The maximum atomic E-state index is 8.89. The van der Waals surface area contributed by atoms with Crippen molar-refractivity contribution in [3.8, 4) is 11.8 Å². The number of ether oxygens (including phenoxy) is 1. The summed E-state index contributed by atoms with van der Waals surface area (Å²) in [5.74, 6) is 0.895. The molecule has 0 saturated carbocycles. The third kappa shape index (κ3) is 3.76. The fourth-order valence-electron chi connectivity index (χ4n) is 1.91. The van der Waals surface area contributed by atoms with Gasteiger partial charge in [0, 0.05) is 17.8 Å². The lowest BCUT2D eigenvalue weighted by atomic mass is 10.1. The van der Waals surface area contributed by atoms with Crippen molar-refractivity contribution in [2.45, 2.75) is 26.5 Å². The van der Waals surface area contributed by atoms with E-state index in [2.05, 4.69) is 11.4 Å². The lowest BCUT2D eigenvalue weighted by Crippen LogP contribution is -2.09. The Kier molecular flexibility index (Phi) is 4.62. The molecule has 3 heteroatoms. The first-order chi connectivity index (χ1) is 9.69. The molecule has 3 nitrogen and oxygen atoms in total. The lowest BCUT2D eigenvalue weighted by Gasteiger charge is -2.15. The zero-order chi connectivity index (χ0) is 14.4. The molecular weight excluding hydrogens is 248 g/mol. The van der Waals surface area contributed by atoms with E-state index >= 15 is 0 Å². The Balaban J connectivity index is 2.09. The van der Waals surface area contributed by atoms with Crippen LogP contribution in [0, 0.1) is 11.3 Å². The van der Waals surface area contributed by atoms with E-state index in [1.54, 1.807) is 6.07 Å². The van der Waals surface area contributed by atoms with Crippen LogP contribution in [0.15, 0.2) is 48.5 Å². The van der Waals surface area contributed by atoms with Gasteiger partial charge in [0.15, 0.2) is 0 Å². The normalized spacial score (nSPS) is 10.1. The van der Waals surface area contributed by atoms with Crippen LogP contribution in [0.1, 0.15) is 25.0 Å². The SMILES string of the molecule is CC(C)Oc1ccccc1CNc1cccc(C#N)c1. The first-order valence-corrected chi connectivity index (χ1v) is 6.67. The van der Waals surface area contributed by atoms with Crippen molar-refractivity contribution in [3.63, 3.8) is 0 Å². The van der Waals surface area contributed by atoms with Crippen LogP contribution in [0.4, 0.5) is 5.69 Å². The van der Waals surface area contributed by atoms with E-state index in [9.17, 15) is 0 Å². The molecule has 2 aromatic rings. The third-order valence-electron chi connectivity index (χ3n) is 2.81. The Morgan fingerprint density at radius 3 is 2.70 bits per heavy atom. The number of para-hydroxylation sites is 1. The van der Waals surface area contributed by atoms with E-state index in [0.717, 1.165) is 17.0 Å². The molecule has 0 atom stereocenters. The molecule has 0 aliphatic heterocycles. The van der Waals surface area contributed by atoms with Gasteiger partial charge < -0.3 is 10.1 Å². The second kappa shape index (κ2) is 6.63. The number of hydrogen-bond donors (Lipinski definition) is 1. The number of rotatable bonds is 5. The van der Waals surface area contributed by atoms with E-state index in [1.807, 2.05) is 56.3 Å². The average molecular weight is 266 g/mol. The summed E-state index contributed by atoms with van der Waals surface area (Å²) >= 11 is 0. The molecule has 1 N–H and O–H groups in total. The molecule has 20 heavy (non-hydrogen) atoms. The molecule has 0 bridgehead atoms. The highest BCUT2D eigenvalue weighted by atomic mass is 16.5. The summed E-state index contributed by atoms with van der Waals surface area (Å²) in [7, 11) is 0. The zero-order valence-electron chi connectivity index (χ0n) is 11.8. The summed E-state index contributed by atoms with van der Waals surface area (Å²) in [5.41, 5.74) is 2.69. The van der Waals surface area contributed by atoms with Crippen LogP contribution in [0.25, 0.3) is 0 Å². The van der Waals surface area contributed by atoms with Gasteiger partial charge in [-0.1, -0.05) is 24.3 Å². The number of nitrogens with zero attached hydrogens (tertiary/aromatic N) is 1. The minimum atomic E-state index is 0.151. The Hall–Kier alpha value is -2.47. The highest BCUT2D eigenvalue weighted by molar-refractivity contribution is 5.50. The first-order valence-electron chi connectivity index (χ1n) is 6.67. The van der Waals surface area contributed by atoms with Gasteiger partial charge in [0.2, 0.25) is 0 Å². The van der Waals surface area contributed by atoms with Gasteiger partial charge in [-0.15, -0.1) is 0 Å². The van der Waals surface area contributed by atoms with Gasteiger partial charge in [-0.05, 0) is 38.1 Å². The van der Waals surface area contributed by atoms with Crippen molar-refractivity contribution in [2.75, 3.05) is 5.32 Å². The molecule has 2 aromatic carbocycles. The summed E-state index contributed by atoms with van der Waals surface area (Å²) in [5, 5.41) is 12.2. The number of anilines is 1. The molecule has 0 unspecified atom stereocenters. The molecule has 0 saturated heterocycles. The topological polar surface area (TPSA) is 45.0 Å². The molecule has 0 aliphatic carbocycles.